The fourth-order valence-electron chi connectivity index (χ4n) is 4.48. The van der Waals surface area contributed by atoms with E-state index in [0.717, 1.165) is 18.4 Å². The summed E-state index contributed by atoms with van der Waals surface area (Å²) in [4.78, 5) is 2.63. The van der Waals surface area contributed by atoms with Crippen molar-refractivity contribution in [2.75, 3.05) is 13.1 Å². The Labute approximate surface area is 127 Å². The van der Waals surface area contributed by atoms with Gasteiger partial charge in [-0.25, -0.2) is 0 Å². The van der Waals surface area contributed by atoms with Crippen molar-refractivity contribution in [2.45, 2.75) is 26.3 Å². The third-order valence-electron chi connectivity index (χ3n) is 5.64. The second-order valence-electron chi connectivity index (χ2n) is 7.10. The van der Waals surface area contributed by atoms with E-state index < -0.39 is 0 Å². The molecule has 1 nitrogen and oxygen atoms in total. The topological polar surface area (TPSA) is 3.24 Å². The normalized spacial score (nSPS) is 31.1. The summed E-state index contributed by atoms with van der Waals surface area (Å²) in [5.74, 6) is 1.63. The van der Waals surface area contributed by atoms with Crippen LogP contribution in [-0.2, 0) is 6.54 Å². The van der Waals surface area contributed by atoms with Crippen molar-refractivity contribution in [3.63, 3.8) is 0 Å². The number of nitrogens with zero attached hydrogens (tertiary/aromatic N) is 1. The maximum absolute atomic E-state index is 2.63. The van der Waals surface area contributed by atoms with Crippen LogP contribution in [-0.4, -0.2) is 18.0 Å². The smallest absolute Gasteiger partial charge is 0.0234 e. The van der Waals surface area contributed by atoms with Crippen LogP contribution in [0, 0.1) is 18.3 Å². The van der Waals surface area contributed by atoms with E-state index in [2.05, 4.69) is 73.3 Å². The average Bonchev–Trinajstić information content (AvgIpc) is 2.88. The number of aryl methyl sites for hydroxylation is 1. The Bertz CT molecular complexity index is 648. The lowest BCUT2D eigenvalue weighted by molar-refractivity contribution is 0.269. The molecule has 3 atom stereocenters. The first kappa shape index (κ1) is 13.1. The van der Waals surface area contributed by atoms with Gasteiger partial charge in [-0.2, -0.15) is 0 Å². The maximum Gasteiger partial charge on any atom is 0.0234 e. The van der Waals surface area contributed by atoms with E-state index in [1.807, 2.05) is 0 Å². The SMILES string of the molecule is Cc1ccccc1C1C2CN(Cc3ccccc3)C[C@@]21C. The summed E-state index contributed by atoms with van der Waals surface area (Å²) in [5.41, 5.74) is 4.99. The number of likely N-dealkylation sites (tertiary alicyclic amines) is 1. The monoisotopic (exact) mass is 277 g/mol. The Hall–Kier alpha value is -1.60. The van der Waals surface area contributed by atoms with Gasteiger partial charge in [0, 0.05) is 19.6 Å². The Morgan fingerprint density at radius 2 is 1.76 bits per heavy atom. The van der Waals surface area contributed by atoms with Gasteiger partial charge in [-0.05, 0) is 40.9 Å². The minimum atomic E-state index is 0.501. The van der Waals surface area contributed by atoms with Crippen LogP contribution in [0.3, 0.4) is 0 Å². The van der Waals surface area contributed by atoms with Crippen molar-refractivity contribution in [2.24, 2.45) is 11.3 Å². The highest BCUT2D eigenvalue weighted by atomic mass is 15.2. The molecule has 2 unspecified atom stereocenters. The molecule has 1 saturated carbocycles. The molecule has 0 aromatic heterocycles. The Morgan fingerprint density at radius 1 is 1.05 bits per heavy atom. The van der Waals surface area contributed by atoms with Gasteiger partial charge in [0.2, 0.25) is 0 Å². The molecule has 0 spiro atoms. The maximum atomic E-state index is 2.63. The highest BCUT2D eigenvalue weighted by Crippen LogP contribution is 2.68. The van der Waals surface area contributed by atoms with E-state index >= 15 is 0 Å². The molecule has 0 bridgehead atoms. The molecule has 1 heteroatoms. The van der Waals surface area contributed by atoms with Crippen molar-refractivity contribution in [1.29, 1.82) is 0 Å². The molecule has 0 radical (unpaired) electrons. The quantitative estimate of drug-likeness (QED) is 0.811. The van der Waals surface area contributed by atoms with Gasteiger partial charge in [-0.3, -0.25) is 4.90 Å². The number of hydrogen-bond donors (Lipinski definition) is 0. The van der Waals surface area contributed by atoms with Crippen LogP contribution in [0.15, 0.2) is 54.6 Å². The van der Waals surface area contributed by atoms with Crippen LogP contribution in [0.2, 0.25) is 0 Å². The second-order valence-corrected chi connectivity index (χ2v) is 7.10. The standard InChI is InChI=1S/C20H23N/c1-15-8-6-7-11-17(15)19-18-13-21(14-20(18,19)2)12-16-9-4-3-5-10-16/h3-11,18-19H,12-14H2,1-2H3/t18?,19?,20-/m0/s1. The summed E-state index contributed by atoms with van der Waals surface area (Å²) in [6.45, 7) is 8.34. The van der Waals surface area contributed by atoms with Gasteiger partial charge in [0.1, 0.15) is 0 Å². The lowest BCUT2D eigenvalue weighted by Gasteiger charge is -2.22. The Morgan fingerprint density at radius 3 is 2.43 bits per heavy atom. The summed E-state index contributed by atoms with van der Waals surface area (Å²) >= 11 is 0. The van der Waals surface area contributed by atoms with Crippen molar-refractivity contribution in [3.05, 3.63) is 71.3 Å². The summed E-state index contributed by atoms with van der Waals surface area (Å²) in [6.07, 6.45) is 0. The van der Waals surface area contributed by atoms with Gasteiger partial charge in [-0.15, -0.1) is 0 Å². The Balaban J connectivity index is 1.47. The molecule has 1 aliphatic heterocycles. The first-order chi connectivity index (χ1) is 10.2. The molecule has 2 aromatic rings. The van der Waals surface area contributed by atoms with Crippen molar-refractivity contribution in [1.82, 2.24) is 4.90 Å². The fourth-order valence-corrected chi connectivity index (χ4v) is 4.48. The minimum Gasteiger partial charge on any atom is -0.298 e. The second kappa shape index (κ2) is 4.71. The van der Waals surface area contributed by atoms with Crippen molar-refractivity contribution in [3.8, 4) is 0 Å². The van der Waals surface area contributed by atoms with Crippen LogP contribution in [0.4, 0.5) is 0 Å². The zero-order chi connectivity index (χ0) is 14.4. The molecule has 1 saturated heterocycles. The van der Waals surface area contributed by atoms with E-state index in [1.54, 1.807) is 5.56 Å². The number of rotatable bonds is 3. The zero-order valence-corrected chi connectivity index (χ0v) is 12.9. The van der Waals surface area contributed by atoms with Gasteiger partial charge in [0.05, 0.1) is 0 Å². The highest BCUT2D eigenvalue weighted by molar-refractivity contribution is 5.40. The van der Waals surface area contributed by atoms with Crippen LogP contribution in [0.5, 0.6) is 0 Å². The van der Waals surface area contributed by atoms with E-state index in [9.17, 15) is 0 Å². The number of piperidine rings is 1. The number of fused-ring (bicyclic) bond motifs is 1. The van der Waals surface area contributed by atoms with E-state index in [4.69, 9.17) is 0 Å². The molecule has 1 aliphatic carbocycles. The van der Waals surface area contributed by atoms with Crippen LogP contribution in [0.1, 0.15) is 29.5 Å². The van der Waals surface area contributed by atoms with Gasteiger partial charge >= 0.3 is 0 Å². The third kappa shape index (κ3) is 2.11. The largest absolute Gasteiger partial charge is 0.298 e. The first-order valence-corrected chi connectivity index (χ1v) is 8.00. The summed E-state index contributed by atoms with van der Waals surface area (Å²) < 4.78 is 0. The molecule has 2 aromatic carbocycles. The molecule has 21 heavy (non-hydrogen) atoms. The van der Waals surface area contributed by atoms with E-state index in [1.165, 1.54) is 24.2 Å². The number of hydrogen-bond acceptors (Lipinski definition) is 1. The van der Waals surface area contributed by atoms with Gasteiger partial charge < -0.3 is 0 Å². The molecule has 0 N–H and O–H groups in total. The van der Waals surface area contributed by atoms with Gasteiger partial charge in [0.25, 0.3) is 0 Å². The van der Waals surface area contributed by atoms with Crippen LogP contribution in [0.25, 0.3) is 0 Å². The van der Waals surface area contributed by atoms with Gasteiger partial charge in [-0.1, -0.05) is 61.5 Å². The average molecular weight is 277 g/mol. The molecule has 1 heterocycles. The first-order valence-electron chi connectivity index (χ1n) is 8.00. The van der Waals surface area contributed by atoms with Crippen LogP contribution < -0.4 is 0 Å². The minimum absolute atomic E-state index is 0.501. The van der Waals surface area contributed by atoms with Crippen LogP contribution >= 0.6 is 0 Å². The summed E-state index contributed by atoms with van der Waals surface area (Å²) in [5, 5.41) is 0. The zero-order valence-electron chi connectivity index (χ0n) is 12.9. The molecule has 4 rings (SSSR count). The Kier molecular flexibility index (Phi) is 2.93. The lowest BCUT2D eigenvalue weighted by Crippen LogP contribution is -2.26. The predicted molar refractivity (Wildman–Crippen MR) is 87.2 cm³/mol. The summed E-state index contributed by atoms with van der Waals surface area (Å²) in [7, 11) is 0. The third-order valence-corrected chi connectivity index (χ3v) is 5.64. The molecular weight excluding hydrogens is 254 g/mol. The van der Waals surface area contributed by atoms with Crippen molar-refractivity contribution < 1.29 is 0 Å². The molecule has 2 fully saturated rings. The highest BCUT2D eigenvalue weighted by Gasteiger charge is 2.65. The molecule has 0 amide bonds. The molecule has 108 valence electrons. The van der Waals surface area contributed by atoms with E-state index in [-0.39, 0.29) is 0 Å². The van der Waals surface area contributed by atoms with Crippen molar-refractivity contribution >= 4 is 0 Å². The lowest BCUT2D eigenvalue weighted by atomic mass is 9.97. The van der Waals surface area contributed by atoms with Gasteiger partial charge in [0.15, 0.2) is 0 Å². The molecule has 2 aliphatic rings. The summed E-state index contributed by atoms with van der Waals surface area (Å²) in [6, 6.07) is 19.8. The molecular formula is C20H23N. The fraction of sp³-hybridized carbons (Fsp3) is 0.400. The van der Waals surface area contributed by atoms with E-state index in [0.29, 0.717) is 5.41 Å². The predicted octanol–water partition coefficient (Wildman–Crippen LogP) is 4.23. The number of benzene rings is 2.